The van der Waals surface area contributed by atoms with E-state index in [4.69, 9.17) is 9.84 Å². The number of benzene rings is 2. The van der Waals surface area contributed by atoms with Crippen molar-refractivity contribution in [1.29, 1.82) is 0 Å². The van der Waals surface area contributed by atoms with Crippen molar-refractivity contribution in [3.63, 3.8) is 0 Å². The van der Waals surface area contributed by atoms with Crippen LogP contribution in [0.4, 0.5) is 4.79 Å². The third kappa shape index (κ3) is 4.55. The highest BCUT2D eigenvalue weighted by molar-refractivity contribution is 5.89. The Kier molecular flexibility index (Phi) is 6.09. The quantitative estimate of drug-likeness (QED) is 0.653. The highest BCUT2D eigenvalue weighted by Crippen LogP contribution is 2.44. The van der Waals surface area contributed by atoms with Crippen LogP contribution in [-0.2, 0) is 14.3 Å². The van der Waals surface area contributed by atoms with Crippen molar-refractivity contribution >= 4 is 18.0 Å². The fourth-order valence-electron chi connectivity index (χ4n) is 4.97. The molecule has 0 spiro atoms. The molecule has 1 fully saturated rings. The summed E-state index contributed by atoms with van der Waals surface area (Å²) in [5.74, 6) is -0.741. The van der Waals surface area contributed by atoms with Crippen molar-refractivity contribution in [3.05, 3.63) is 71.3 Å². The van der Waals surface area contributed by atoms with Gasteiger partial charge in [0.15, 0.2) is 0 Å². The smallest absolute Gasteiger partial charge is 0.407 e. The Bertz CT molecular complexity index is 1110. The van der Waals surface area contributed by atoms with E-state index in [0.29, 0.717) is 30.9 Å². The minimum absolute atomic E-state index is 0.0441. The van der Waals surface area contributed by atoms with E-state index in [-0.39, 0.29) is 25.0 Å². The number of alkyl carbamates (subject to hydrolysis) is 1. The zero-order valence-corrected chi connectivity index (χ0v) is 18.9. The van der Waals surface area contributed by atoms with Crippen molar-refractivity contribution in [3.8, 4) is 11.1 Å². The van der Waals surface area contributed by atoms with Crippen LogP contribution in [0.25, 0.3) is 11.1 Å². The molecule has 1 aliphatic heterocycles. The van der Waals surface area contributed by atoms with Crippen LogP contribution in [0.5, 0.6) is 0 Å². The lowest BCUT2D eigenvalue weighted by Gasteiger charge is -2.29. The molecule has 5 rings (SSSR count). The van der Waals surface area contributed by atoms with Crippen LogP contribution in [0.1, 0.15) is 42.7 Å². The molecule has 176 valence electrons. The van der Waals surface area contributed by atoms with Gasteiger partial charge in [-0.25, -0.2) is 9.59 Å². The first-order valence-corrected chi connectivity index (χ1v) is 11.8. The largest absolute Gasteiger partial charge is 0.478 e. The molecule has 7 nitrogen and oxygen atoms in total. The molecule has 2 aliphatic carbocycles. The topological polar surface area (TPSA) is 95.9 Å². The van der Waals surface area contributed by atoms with E-state index in [0.717, 1.165) is 35.1 Å². The summed E-state index contributed by atoms with van der Waals surface area (Å²) in [6.45, 7) is 0.775. The normalized spacial score (nSPS) is 17.9. The second-order valence-corrected chi connectivity index (χ2v) is 9.27. The van der Waals surface area contributed by atoms with Gasteiger partial charge in [-0.05, 0) is 41.0 Å². The summed E-state index contributed by atoms with van der Waals surface area (Å²) in [6, 6.07) is 15.6. The molecule has 7 heteroatoms. The maximum Gasteiger partial charge on any atom is 0.407 e. The number of hydrogen-bond acceptors (Lipinski definition) is 4. The van der Waals surface area contributed by atoms with E-state index in [9.17, 15) is 14.4 Å². The van der Waals surface area contributed by atoms with Gasteiger partial charge in [0.2, 0.25) is 5.91 Å². The molecule has 34 heavy (non-hydrogen) atoms. The number of ether oxygens (including phenoxy) is 1. The number of carbonyl (C=O) groups excluding carboxylic acids is 2. The highest BCUT2D eigenvalue weighted by Gasteiger charge is 2.35. The Morgan fingerprint density at radius 2 is 1.68 bits per heavy atom. The van der Waals surface area contributed by atoms with Gasteiger partial charge in [0.05, 0.1) is 0 Å². The Balaban J connectivity index is 1.24. The maximum atomic E-state index is 13.1. The molecular weight excluding hydrogens is 432 g/mol. The Labute approximate surface area is 198 Å². The first-order valence-electron chi connectivity index (χ1n) is 11.8. The molecule has 2 N–H and O–H groups in total. The second kappa shape index (κ2) is 9.33. The molecule has 1 saturated carbocycles. The van der Waals surface area contributed by atoms with E-state index >= 15 is 0 Å². The van der Waals surface area contributed by atoms with Gasteiger partial charge in [-0.15, -0.1) is 0 Å². The van der Waals surface area contributed by atoms with Crippen LogP contribution in [0.15, 0.2) is 60.2 Å². The van der Waals surface area contributed by atoms with Crippen LogP contribution in [0.2, 0.25) is 0 Å². The predicted octanol–water partition coefficient (Wildman–Crippen LogP) is 3.94. The number of nitrogens with one attached hydrogen (secondary N) is 1. The zero-order chi connectivity index (χ0) is 23.7. The van der Waals surface area contributed by atoms with E-state index < -0.39 is 18.1 Å². The third-order valence-electron chi connectivity index (χ3n) is 7.00. The van der Waals surface area contributed by atoms with Gasteiger partial charge in [0.25, 0.3) is 0 Å². The Morgan fingerprint density at radius 3 is 2.24 bits per heavy atom. The highest BCUT2D eigenvalue weighted by atomic mass is 16.5. The monoisotopic (exact) mass is 460 g/mol. The molecule has 2 aromatic rings. The summed E-state index contributed by atoms with van der Waals surface area (Å²) in [7, 11) is 0. The standard InChI is InChI=1S/C27H28N2O5/c30-25(29-13-11-18(12-14-29)26(31)32)24(15-17-9-10-17)28-27(33)34-16-23-21-7-3-1-5-19(21)20-6-2-4-8-22(20)23/h1-8,11,17,23-24H,9-10,12-16H2,(H,28,33)(H,31,32). The summed E-state index contributed by atoms with van der Waals surface area (Å²) in [6.07, 6.45) is 3.97. The molecule has 0 radical (unpaired) electrons. The van der Waals surface area contributed by atoms with Crippen LogP contribution in [0.3, 0.4) is 0 Å². The maximum absolute atomic E-state index is 13.1. The van der Waals surface area contributed by atoms with E-state index in [1.807, 2.05) is 24.3 Å². The molecular formula is C27H28N2O5. The molecule has 0 bridgehead atoms. The predicted molar refractivity (Wildman–Crippen MR) is 126 cm³/mol. The van der Waals surface area contributed by atoms with Crippen LogP contribution < -0.4 is 5.32 Å². The molecule has 1 atom stereocenters. The lowest BCUT2D eigenvalue weighted by Crippen LogP contribution is -2.50. The summed E-state index contributed by atoms with van der Waals surface area (Å²) in [5, 5.41) is 11.9. The molecule has 2 aromatic carbocycles. The zero-order valence-electron chi connectivity index (χ0n) is 18.9. The van der Waals surface area contributed by atoms with Crippen LogP contribution >= 0.6 is 0 Å². The molecule has 1 heterocycles. The number of carbonyl (C=O) groups is 3. The number of hydrogen-bond donors (Lipinski definition) is 2. The fourth-order valence-corrected chi connectivity index (χ4v) is 4.97. The number of amides is 2. The number of rotatable bonds is 7. The van der Waals surface area contributed by atoms with Gasteiger partial charge >= 0.3 is 12.1 Å². The molecule has 0 aromatic heterocycles. The molecule has 1 unspecified atom stereocenters. The fraction of sp³-hybridized carbons (Fsp3) is 0.370. The molecule has 0 saturated heterocycles. The van der Waals surface area contributed by atoms with Gasteiger partial charge in [0, 0.05) is 24.6 Å². The summed E-state index contributed by atoms with van der Waals surface area (Å²) < 4.78 is 5.65. The first-order chi connectivity index (χ1) is 16.5. The Morgan fingerprint density at radius 1 is 1.03 bits per heavy atom. The number of carboxylic acid groups (broad SMARTS) is 1. The van der Waals surface area contributed by atoms with E-state index in [1.54, 1.807) is 11.0 Å². The lowest BCUT2D eigenvalue weighted by molar-refractivity contribution is -0.136. The van der Waals surface area contributed by atoms with Crippen molar-refractivity contribution in [2.45, 2.75) is 37.6 Å². The van der Waals surface area contributed by atoms with Gasteiger partial charge in [-0.1, -0.05) is 67.4 Å². The van der Waals surface area contributed by atoms with Crippen molar-refractivity contribution in [1.82, 2.24) is 10.2 Å². The third-order valence-corrected chi connectivity index (χ3v) is 7.00. The van der Waals surface area contributed by atoms with Gasteiger partial charge < -0.3 is 20.1 Å². The summed E-state index contributed by atoms with van der Waals surface area (Å²) in [5.41, 5.74) is 4.92. The number of aliphatic carboxylic acids is 1. The van der Waals surface area contributed by atoms with Crippen LogP contribution in [0, 0.1) is 5.92 Å². The van der Waals surface area contributed by atoms with Gasteiger partial charge in [0.1, 0.15) is 12.6 Å². The molecule has 3 aliphatic rings. The number of fused-ring (bicyclic) bond motifs is 3. The first kappa shape index (κ1) is 22.2. The summed E-state index contributed by atoms with van der Waals surface area (Å²) in [4.78, 5) is 38.7. The Hall–Kier alpha value is -3.61. The molecule has 2 amide bonds. The van der Waals surface area contributed by atoms with Crippen molar-refractivity contribution in [2.75, 3.05) is 19.7 Å². The second-order valence-electron chi connectivity index (χ2n) is 9.27. The SMILES string of the molecule is O=C(NC(CC1CC1)C(=O)N1CC=C(C(=O)O)CC1)OCC1c2ccccc2-c2ccccc21. The minimum Gasteiger partial charge on any atom is -0.478 e. The van der Waals surface area contributed by atoms with Crippen LogP contribution in [-0.4, -0.2) is 53.7 Å². The van der Waals surface area contributed by atoms with Crippen molar-refractivity contribution in [2.24, 2.45) is 5.92 Å². The van der Waals surface area contributed by atoms with Crippen molar-refractivity contribution < 1.29 is 24.2 Å². The minimum atomic E-state index is -0.946. The average molecular weight is 461 g/mol. The number of carboxylic acids is 1. The number of nitrogens with zero attached hydrogens (tertiary/aromatic N) is 1. The van der Waals surface area contributed by atoms with E-state index in [2.05, 4.69) is 29.6 Å². The van der Waals surface area contributed by atoms with Gasteiger partial charge in [-0.2, -0.15) is 0 Å². The summed E-state index contributed by atoms with van der Waals surface area (Å²) >= 11 is 0. The lowest BCUT2D eigenvalue weighted by atomic mass is 9.98. The van der Waals surface area contributed by atoms with Gasteiger partial charge in [-0.3, -0.25) is 4.79 Å². The van der Waals surface area contributed by atoms with E-state index in [1.165, 1.54) is 0 Å². The average Bonchev–Trinajstić information content (AvgIpc) is 3.62.